The van der Waals surface area contributed by atoms with Gasteiger partial charge >= 0.3 is 0 Å². The zero-order chi connectivity index (χ0) is 15.3. The minimum Gasteiger partial charge on any atom is -0.268 e. The predicted octanol–water partition coefficient (Wildman–Crippen LogP) is 4.63. The highest BCUT2D eigenvalue weighted by atomic mass is 79.9. The Hall–Kier alpha value is -1.46. The molecule has 2 aromatic rings. The maximum Gasteiger partial charge on any atom is 0.266 e. The second-order valence-electron chi connectivity index (χ2n) is 4.93. The van der Waals surface area contributed by atoms with E-state index in [1.165, 1.54) is 4.90 Å². The second-order valence-corrected chi connectivity index (χ2v) is 6.64. The summed E-state index contributed by atoms with van der Waals surface area (Å²) in [5.74, 6) is -0.553. The van der Waals surface area contributed by atoms with Gasteiger partial charge in [0.05, 0.1) is 16.8 Å². The van der Waals surface area contributed by atoms with Crippen LogP contribution in [0.4, 0.5) is 5.69 Å². The molecule has 5 heteroatoms. The molecule has 0 saturated heterocycles. The van der Waals surface area contributed by atoms with Crippen molar-refractivity contribution in [3.63, 3.8) is 0 Å². The van der Waals surface area contributed by atoms with E-state index in [-0.39, 0.29) is 11.8 Å². The van der Waals surface area contributed by atoms with Crippen molar-refractivity contribution in [2.24, 2.45) is 0 Å². The summed E-state index contributed by atoms with van der Waals surface area (Å²) in [4.78, 5) is 26.4. The lowest BCUT2D eigenvalue weighted by Gasteiger charge is -2.20. The highest BCUT2D eigenvalue weighted by molar-refractivity contribution is 9.11. The number of fused-ring (bicyclic) bond motifs is 1. The lowest BCUT2D eigenvalue weighted by atomic mass is 10.1. The van der Waals surface area contributed by atoms with E-state index in [2.05, 4.69) is 31.9 Å². The number of anilines is 1. The van der Waals surface area contributed by atoms with Crippen LogP contribution in [0.1, 0.15) is 31.8 Å². The number of rotatable bonds is 1. The van der Waals surface area contributed by atoms with E-state index in [0.29, 0.717) is 21.3 Å². The summed E-state index contributed by atoms with van der Waals surface area (Å²) >= 11 is 6.95. The fourth-order valence-electron chi connectivity index (χ4n) is 2.49. The zero-order valence-corrected chi connectivity index (χ0v) is 14.6. The van der Waals surface area contributed by atoms with Crippen LogP contribution in [-0.4, -0.2) is 11.8 Å². The Labute approximate surface area is 139 Å². The molecular formula is C16H11Br2NO2. The number of hydrogen-bond donors (Lipinski definition) is 0. The van der Waals surface area contributed by atoms with Gasteiger partial charge in [0.2, 0.25) is 0 Å². The van der Waals surface area contributed by atoms with Crippen LogP contribution in [0.5, 0.6) is 0 Å². The smallest absolute Gasteiger partial charge is 0.266 e. The molecule has 0 aromatic heterocycles. The summed E-state index contributed by atoms with van der Waals surface area (Å²) in [7, 11) is 0. The molecule has 0 saturated carbocycles. The fourth-order valence-corrected chi connectivity index (χ4v) is 4.03. The molecule has 2 aromatic carbocycles. The van der Waals surface area contributed by atoms with Gasteiger partial charge in [0, 0.05) is 8.95 Å². The predicted molar refractivity (Wildman–Crippen MR) is 88.9 cm³/mol. The molecule has 0 N–H and O–H groups in total. The second kappa shape index (κ2) is 5.07. The van der Waals surface area contributed by atoms with Crippen molar-refractivity contribution in [2.75, 3.05) is 4.90 Å². The summed E-state index contributed by atoms with van der Waals surface area (Å²) in [6.07, 6.45) is 0. The fraction of sp³-hybridized carbons (Fsp3) is 0.125. The van der Waals surface area contributed by atoms with Gasteiger partial charge in [0.15, 0.2) is 0 Å². The van der Waals surface area contributed by atoms with E-state index < -0.39 is 0 Å². The van der Waals surface area contributed by atoms with Crippen LogP contribution < -0.4 is 4.90 Å². The number of benzene rings is 2. The van der Waals surface area contributed by atoms with Crippen molar-refractivity contribution in [1.29, 1.82) is 0 Å². The first-order chi connectivity index (χ1) is 9.93. The first kappa shape index (κ1) is 14.5. The van der Waals surface area contributed by atoms with Gasteiger partial charge in [-0.25, -0.2) is 4.90 Å². The van der Waals surface area contributed by atoms with Crippen molar-refractivity contribution < 1.29 is 9.59 Å². The molecule has 0 unspecified atom stereocenters. The molecule has 0 atom stereocenters. The Bertz CT molecular complexity index is 764. The Morgan fingerprint density at radius 1 is 0.857 bits per heavy atom. The summed E-state index contributed by atoms with van der Waals surface area (Å²) in [5, 5.41) is 0. The van der Waals surface area contributed by atoms with Gasteiger partial charge in [-0.3, -0.25) is 9.59 Å². The van der Waals surface area contributed by atoms with Crippen LogP contribution in [-0.2, 0) is 0 Å². The molecule has 3 rings (SSSR count). The van der Waals surface area contributed by atoms with Gasteiger partial charge in [-0.15, -0.1) is 0 Å². The topological polar surface area (TPSA) is 37.4 Å². The maximum atomic E-state index is 12.6. The molecule has 106 valence electrons. The van der Waals surface area contributed by atoms with Gasteiger partial charge in [-0.2, -0.15) is 0 Å². The Morgan fingerprint density at radius 3 is 1.90 bits per heavy atom. The first-order valence-electron chi connectivity index (χ1n) is 6.36. The number of carbonyl (C=O) groups is 2. The normalized spacial score (nSPS) is 13.8. The number of carbonyl (C=O) groups excluding carboxylic acids is 2. The maximum absolute atomic E-state index is 12.6. The van der Waals surface area contributed by atoms with E-state index in [1.54, 1.807) is 24.3 Å². The molecular weight excluding hydrogens is 398 g/mol. The number of nitrogens with zero attached hydrogens (tertiary/aromatic N) is 1. The van der Waals surface area contributed by atoms with Gasteiger partial charge in [0.1, 0.15) is 0 Å². The van der Waals surface area contributed by atoms with Crippen molar-refractivity contribution in [3.05, 3.63) is 61.5 Å². The highest BCUT2D eigenvalue weighted by Crippen LogP contribution is 2.39. The molecule has 2 amide bonds. The molecule has 0 aliphatic carbocycles. The van der Waals surface area contributed by atoms with Crippen molar-refractivity contribution >= 4 is 49.4 Å². The van der Waals surface area contributed by atoms with Gasteiger partial charge < -0.3 is 0 Å². The number of amides is 2. The quantitative estimate of drug-likeness (QED) is 0.645. The number of imide groups is 1. The van der Waals surface area contributed by atoms with Gasteiger partial charge in [0.25, 0.3) is 11.8 Å². The van der Waals surface area contributed by atoms with Crippen LogP contribution in [0, 0.1) is 13.8 Å². The average molecular weight is 409 g/mol. The van der Waals surface area contributed by atoms with Crippen LogP contribution >= 0.6 is 31.9 Å². The Balaban J connectivity index is 2.23. The lowest BCUT2D eigenvalue weighted by Crippen LogP contribution is -2.30. The van der Waals surface area contributed by atoms with E-state index in [0.717, 1.165) is 15.6 Å². The van der Waals surface area contributed by atoms with E-state index in [1.807, 2.05) is 19.9 Å². The zero-order valence-electron chi connectivity index (χ0n) is 11.4. The summed E-state index contributed by atoms with van der Waals surface area (Å²) in [5.41, 5.74) is 3.42. The Kier molecular flexibility index (Phi) is 3.50. The largest absolute Gasteiger partial charge is 0.268 e. The highest BCUT2D eigenvalue weighted by Gasteiger charge is 2.38. The van der Waals surface area contributed by atoms with Crippen molar-refractivity contribution in [3.8, 4) is 0 Å². The van der Waals surface area contributed by atoms with Crippen LogP contribution in [0.2, 0.25) is 0 Å². The summed E-state index contributed by atoms with van der Waals surface area (Å²) < 4.78 is 1.65. The number of halogens is 2. The summed E-state index contributed by atoms with van der Waals surface area (Å²) in [6, 6.07) is 8.76. The van der Waals surface area contributed by atoms with Gasteiger partial charge in [-0.1, -0.05) is 28.1 Å². The third-order valence-electron chi connectivity index (χ3n) is 3.77. The number of hydrogen-bond acceptors (Lipinski definition) is 2. The molecule has 1 heterocycles. The lowest BCUT2D eigenvalue weighted by molar-refractivity contribution is 0.0925. The van der Waals surface area contributed by atoms with Crippen molar-refractivity contribution in [1.82, 2.24) is 0 Å². The third-order valence-corrected chi connectivity index (χ3v) is 5.20. The third kappa shape index (κ3) is 2.07. The SMILES string of the molecule is Cc1c(Br)cc(Br)c(N2C(=O)c3ccccc3C2=O)c1C. The van der Waals surface area contributed by atoms with E-state index in [4.69, 9.17) is 0 Å². The molecule has 3 nitrogen and oxygen atoms in total. The van der Waals surface area contributed by atoms with E-state index >= 15 is 0 Å². The minimum absolute atomic E-state index is 0.277. The Morgan fingerprint density at radius 2 is 1.38 bits per heavy atom. The minimum atomic E-state index is -0.277. The molecule has 1 aliphatic rings. The van der Waals surface area contributed by atoms with Crippen LogP contribution in [0.3, 0.4) is 0 Å². The molecule has 0 radical (unpaired) electrons. The first-order valence-corrected chi connectivity index (χ1v) is 7.95. The standard InChI is InChI=1S/C16H11Br2NO2/c1-8-9(2)14(13(18)7-12(8)17)19-15(20)10-5-3-4-6-11(10)16(19)21/h3-7H,1-2H3. The molecule has 1 aliphatic heterocycles. The molecule has 0 fully saturated rings. The monoisotopic (exact) mass is 407 g/mol. The van der Waals surface area contributed by atoms with E-state index in [9.17, 15) is 9.59 Å². The molecule has 21 heavy (non-hydrogen) atoms. The van der Waals surface area contributed by atoms with Crippen LogP contribution in [0.15, 0.2) is 39.3 Å². The average Bonchev–Trinajstić information content (AvgIpc) is 2.71. The van der Waals surface area contributed by atoms with Crippen molar-refractivity contribution in [2.45, 2.75) is 13.8 Å². The molecule has 0 spiro atoms. The van der Waals surface area contributed by atoms with Crippen LogP contribution in [0.25, 0.3) is 0 Å². The molecule has 0 bridgehead atoms. The summed E-state index contributed by atoms with van der Waals surface area (Å²) in [6.45, 7) is 3.86. The van der Waals surface area contributed by atoms with Gasteiger partial charge in [-0.05, 0) is 59.1 Å².